The zero-order valence-corrected chi connectivity index (χ0v) is 18.6. The van der Waals surface area contributed by atoms with Gasteiger partial charge in [-0.3, -0.25) is 14.4 Å². The molecular formula is C26H35NO4. The van der Waals surface area contributed by atoms with Crippen LogP contribution in [0.15, 0.2) is 54.6 Å². The third kappa shape index (κ3) is 9.79. The predicted octanol–water partition coefficient (Wildman–Crippen LogP) is 6.03. The zero-order valence-electron chi connectivity index (χ0n) is 18.6. The zero-order chi connectivity index (χ0) is 22.3. The first-order chi connectivity index (χ1) is 15.1. The molecule has 1 amide bonds. The van der Waals surface area contributed by atoms with Crippen molar-refractivity contribution in [1.82, 2.24) is 5.06 Å². The Hall–Kier alpha value is -2.66. The summed E-state index contributed by atoms with van der Waals surface area (Å²) in [6.07, 6.45) is 11.3. The van der Waals surface area contributed by atoms with Crippen molar-refractivity contribution in [2.75, 3.05) is 6.54 Å². The van der Waals surface area contributed by atoms with E-state index in [-0.39, 0.29) is 6.61 Å². The summed E-state index contributed by atoms with van der Waals surface area (Å²) in [7, 11) is 0. The molecule has 5 nitrogen and oxygen atoms in total. The maximum atomic E-state index is 12.8. The molecule has 2 rings (SSSR count). The van der Waals surface area contributed by atoms with Gasteiger partial charge in [-0.25, -0.2) is 5.06 Å². The highest BCUT2D eigenvalue weighted by Gasteiger charge is 2.20. The third-order valence-corrected chi connectivity index (χ3v) is 5.26. The lowest BCUT2D eigenvalue weighted by Gasteiger charge is -2.20. The van der Waals surface area contributed by atoms with Crippen LogP contribution in [0.1, 0.15) is 79.8 Å². The molecule has 0 atom stereocenters. The molecule has 168 valence electrons. The molecule has 0 aliphatic heterocycles. The summed E-state index contributed by atoms with van der Waals surface area (Å²) in [5.74, 6) is -1.57. The molecule has 0 bridgehead atoms. The van der Waals surface area contributed by atoms with E-state index < -0.39 is 18.4 Å². The SMILES string of the molecule is CCCCCCCCCCc1ccc(C(=O)N(CC(=O)O)OCc2ccccc2)cc1. The molecule has 0 saturated heterocycles. The van der Waals surface area contributed by atoms with Gasteiger partial charge in [-0.1, -0.05) is 94.3 Å². The monoisotopic (exact) mass is 425 g/mol. The van der Waals surface area contributed by atoms with Crippen molar-refractivity contribution < 1.29 is 19.5 Å². The minimum absolute atomic E-state index is 0.135. The van der Waals surface area contributed by atoms with Crippen LogP contribution in [-0.4, -0.2) is 28.6 Å². The highest BCUT2D eigenvalue weighted by Crippen LogP contribution is 2.14. The largest absolute Gasteiger partial charge is 0.480 e. The number of carbonyl (C=O) groups excluding carboxylic acids is 1. The van der Waals surface area contributed by atoms with Gasteiger partial charge < -0.3 is 5.11 Å². The molecule has 2 aromatic carbocycles. The number of hydrogen-bond donors (Lipinski definition) is 1. The normalized spacial score (nSPS) is 10.7. The van der Waals surface area contributed by atoms with E-state index in [2.05, 4.69) is 6.92 Å². The number of hydroxylamine groups is 2. The molecule has 0 aliphatic carbocycles. The second-order valence-electron chi connectivity index (χ2n) is 7.92. The number of unbranched alkanes of at least 4 members (excludes halogenated alkanes) is 7. The lowest BCUT2D eigenvalue weighted by molar-refractivity contribution is -0.162. The molecule has 0 heterocycles. The second-order valence-corrected chi connectivity index (χ2v) is 7.92. The van der Waals surface area contributed by atoms with Crippen LogP contribution in [0.5, 0.6) is 0 Å². The van der Waals surface area contributed by atoms with Gasteiger partial charge in [0, 0.05) is 5.56 Å². The molecule has 2 aromatic rings. The molecule has 0 radical (unpaired) electrons. The summed E-state index contributed by atoms with van der Waals surface area (Å²) in [5.41, 5.74) is 2.48. The number of aliphatic carboxylic acids is 1. The Kier molecular flexibility index (Phi) is 11.4. The summed E-state index contributed by atoms with van der Waals surface area (Å²) in [4.78, 5) is 29.5. The third-order valence-electron chi connectivity index (χ3n) is 5.26. The van der Waals surface area contributed by atoms with Crippen molar-refractivity contribution in [3.8, 4) is 0 Å². The lowest BCUT2D eigenvalue weighted by Crippen LogP contribution is -2.35. The van der Waals surface area contributed by atoms with Gasteiger partial charge in [-0.05, 0) is 36.1 Å². The van der Waals surface area contributed by atoms with E-state index in [9.17, 15) is 9.59 Å². The number of carbonyl (C=O) groups is 2. The highest BCUT2D eigenvalue weighted by molar-refractivity contribution is 5.95. The summed E-state index contributed by atoms with van der Waals surface area (Å²) in [6, 6.07) is 16.8. The Morgan fingerprint density at radius 2 is 1.42 bits per heavy atom. The maximum Gasteiger partial charge on any atom is 0.325 e. The van der Waals surface area contributed by atoms with Gasteiger partial charge in [0.1, 0.15) is 13.2 Å². The number of nitrogens with zero attached hydrogens (tertiary/aromatic N) is 1. The van der Waals surface area contributed by atoms with E-state index in [0.717, 1.165) is 23.5 Å². The maximum absolute atomic E-state index is 12.8. The Morgan fingerprint density at radius 1 is 0.806 bits per heavy atom. The smallest absolute Gasteiger partial charge is 0.325 e. The summed E-state index contributed by atoms with van der Waals surface area (Å²) < 4.78 is 0. The fourth-order valence-corrected chi connectivity index (χ4v) is 3.45. The summed E-state index contributed by atoms with van der Waals surface area (Å²) in [5, 5.41) is 10.1. The summed E-state index contributed by atoms with van der Waals surface area (Å²) in [6.45, 7) is 1.86. The fourth-order valence-electron chi connectivity index (χ4n) is 3.45. The van der Waals surface area contributed by atoms with Crippen molar-refractivity contribution in [2.45, 2.75) is 71.3 Å². The molecule has 0 aliphatic rings. The first-order valence-corrected chi connectivity index (χ1v) is 11.4. The van der Waals surface area contributed by atoms with Crippen LogP contribution in [0.25, 0.3) is 0 Å². The van der Waals surface area contributed by atoms with Crippen molar-refractivity contribution in [3.63, 3.8) is 0 Å². The molecule has 0 aromatic heterocycles. The fraction of sp³-hybridized carbons (Fsp3) is 0.462. The Labute approximate surface area is 186 Å². The Morgan fingerprint density at radius 3 is 2.03 bits per heavy atom. The van der Waals surface area contributed by atoms with Crippen LogP contribution in [0.4, 0.5) is 0 Å². The van der Waals surface area contributed by atoms with Crippen LogP contribution in [0.3, 0.4) is 0 Å². The van der Waals surface area contributed by atoms with Crippen molar-refractivity contribution in [2.24, 2.45) is 0 Å². The van der Waals surface area contributed by atoms with E-state index in [1.54, 1.807) is 12.1 Å². The molecule has 0 fully saturated rings. The minimum Gasteiger partial charge on any atom is -0.480 e. The second kappa shape index (κ2) is 14.4. The van der Waals surface area contributed by atoms with Gasteiger partial charge >= 0.3 is 5.97 Å². The van der Waals surface area contributed by atoms with Gasteiger partial charge in [0.05, 0.1) is 0 Å². The number of hydrogen-bond acceptors (Lipinski definition) is 3. The van der Waals surface area contributed by atoms with Crippen LogP contribution >= 0.6 is 0 Å². The number of carboxylic acids is 1. The average molecular weight is 426 g/mol. The number of aryl methyl sites for hydroxylation is 1. The number of carboxylic acid groups (broad SMARTS) is 1. The first kappa shape index (κ1) is 24.6. The van der Waals surface area contributed by atoms with Crippen LogP contribution in [-0.2, 0) is 22.7 Å². The van der Waals surface area contributed by atoms with E-state index in [1.807, 2.05) is 42.5 Å². The van der Waals surface area contributed by atoms with Crippen molar-refractivity contribution in [1.29, 1.82) is 0 Å². The lowest BCUT2D eigenvalue weighted by atomic mass is 10.0. The summed E-state index contributed by atoms with van der Waals surface area (Å²) >= 11 is 0. The molecular weight excluding hydrogens is 390 g/mol. The Balaban J connectivity index is 1.81. The molecule has 0 saturated carbocycles. The minimum atomic E-state index is -1.12. The quantitative estimate of drug-likeness (QED) is 0.279. The number of amides is 1. The average Bonchev–Trinajstić information content (AvgIpc) is 2.79. The van der Waals surface area contributed by atoms with E-state index in [1.165, 1.54) is 50.5 Å². The van der Waals surface area contributed by atoms with Crippen molar-refractivity contribution in [3.05, 3.63) is 71.3 Å². The van der Waals surface area contributed by atoms with Gasteiger partial charge in [0.2, 0.25) is 0 Å². The molecule has 5 heteroatoms. The van der Waals surface area contributed by atoms with Gasteiger partial charge in [0.25, 0.3) is 5.91 Å². The van der Waals surface area contributed by atoms with Gasteiger partial charge in [-0.2, -0.15) is 0 Å². The number of rotatable bonds is 15. The molecule has 1 N–H and O–H groups in total. The van der Waals surface area contributed by atoms with Crippen molar-refractivity contribution >= 4 is 11.9 Å². The van der Waals surface area contributed by atoms with Gasteiger partial charge in [0.15, 0.2) is 0 Å². The predicted molar refractivity (Wildman–Crippen MR) is 123 cm³/mol. The molecule has 0 spiro atoms. The number of benzene rings is 2. The topological polar surface area (TPSA) is 66.8 Å². The highest BCUT2D eigenvalue weighted by atomic mass is 16.7. The van der Waals surface area contributed by atoms with Crippen LogP contribution in [0, 0.1) is 0 Å². The molecule has 0 unspecified atom stereocenters. The van der Waals surface area contributed by atoms with E-state index in [4.69, 9.17) is 9.94 Å². The first-order valence-electron chi connectivity index (χ1n) is 11.4. The van der Waals surface area contributed by atoms with Gasteiger partial charge in [-0.15, -0.1) is 0 Å². The van der Waals surface area contributed by atoms with E-state index in [0.29, 0.717) is 5.56 Å². The standard InChI is InChI=1S/C26H35NO4/c1-2-3-4-5-6-7-8-10-13-22-16-18-24(19-17-22)26(30)27(20-25(28)29)31-21-23-14-11-9-12-15-23/h9,11-12,14-19H,2-8,10,13,20-21H2,1H3,(H,28,29). The Bertz CT molecular complexity index is 774. The molecule has 31 heavy (non-hydrogen) atoms. The van der Waals surface area contributed by atoms with E-state index >= 15 is 0 Å². The van der Waals surface area contributed by atoms with Crippen LogP contribution < -0.4 is 0 Å². The van der Waals surface area contributed by atoms with Crippen LogP contribution in [0.2, 0.25) is 0 Å².